The van der Waals surface area contributed by atoms with E-state index in [-0.39, 0.29) is 11.2 Å². The van der Waals surface area contributed by atoms with E-state index in [1.165, 1.54) is 6.07 Å². The number of anilines is 1. The molecule has 1 aliphatic rings. The molecule has 0 aromatic heterocycles. The fourth-order valence-corrected chi connectivity index (χ4v) is 2.02. The third-order valence-corrected chi connectivity index (χ3v) is 3.22. The van der Waals surface area contributed by atoms with E-state index in [2.05, 4.69) is 12.2 Å². The highest BCUT2D eigenvalue weighted by atomic mass is 16.6. The van der Waals surface area contributed by atoms with E-state index in [1.807, 2.05) is 6.07 Å². The summed E-state index contributed by atoms with van der Waals surface area (Å²) in [5, 5.41) is 22.9. The lowest BCUT2D eigenvalue weighted by atomic mass is 9.78. The summed E-state index contributed by atoms with van der Waals surface area (Å²) in [6.07, 6.45) is 3.18. The number of hydrogen-bond acceptors (Lipinski definition) is 4. The van der Waals surface area contributed by atoms with E-state index in [0.717, 1.165) is 19.3 Å². The topological polar surface area (TPSA) is 79.0 Å². The quantitative estimate of drug-likeness (QED) is 0.640. The van der Waals surface area contributed by atoms with Crippen molar-refractivity contribution in [3.8, 4) is 6.07 Å². The van der Waals surface area contributed by atoms with Gasteiger partial charge in [0.1, 0.15) is 5.69 Å². The van der Waals surface area contributed by atoms with Gasteiger partial charge >= 0.3 is 0 Å². The van der Waals surface area contributed by atoms with Gasteiger partial charge in [0.05, 0.1) is 16.6 Å². The lowest BCUT2D eigenvalue weighted by Gasteiger charge is -2.39. The Bertz CT molecular complexity index is 501. The number of benzene rings is 1. The van der Waals surface area contributed by atoms with E-state index >= 15 is 0 Å². The summed E-state index contributed by atoms with van der Waals surface area (Å²) in [7, 11) is 0. The Labute approximate surface area is 99.2 Å². The fraction of sp³-hybridized carbons (Fsp3) is 0.417. The van der Waals surface area contributed by atoms with Crippen molar-refractivity contribution in [2.24, 2.45) is 0 Å². The van der Waals surface area contributed by atoms with Crippen LogP contribution in [0.25, 0.3) is 0 Å². The van der Waals surface area contributed by atoms with Crippen LogP contribution in [0.1, 0.15) is 31.7 Å². The van der Waals surface area contributed by atoms with Crippen LogP contribution in [0.2, 0.25) is 0 Å². The Kier molecular flexibility index (Phi) is 2.72. The Morgan fingerprint density at radius 2 is 2.24 bits per heavy atom. The largest absolute Gasteiger partial charge is 0.374 e. The maximum absolute atomic E-state index is 10.9. The maximum Gasteiger partial charge on any atom is 0.293 e. The molecular weight excluding hydrogens is 218 g/mol. The van der Waals surface area contributed by atoms with E-state index in [4.69, 9.17) is 5.26 Å². The lowest BCUT2D eigenvalue weighted by Crippen LogP contribution is -2.41. The Morgan fingerprint density at radius 3 is 2.71 bits per heavy atom. The SMILES string of the molecule is CC1(Nc2ccc(C#N)cc2[N+](=O)[O-])CCC1. The van der Waals surface area contributed by atoms with Crippen LogP contribution in [-0.2, 0) is 0 Å². The fourth-order valence-electron chi connectivity index (χ4n) is 2.02. The zero-order valence-electron chi connectivity index (χ0n) is 9.56. The van der Waals surface area contributed by atoms with Gasteiger partial charge in [-0.3, -0.25) is 10.1 Å². The van der Waals surface area contributed by atoms with Gasteiger partial charge in [0, 0.05) is 11.6 Å². The predicted octanol–water partition coefficient (Wildman–Crippen LogP) is 2.82. The van der Waals surface area contributed by atoms with Crippen LogP contribution in [0.5, 0.6) is 0 Å². The summed E-state index contributed by atoms with van der Waals surface area (Å²) in [6.45, 7) is 2.05. The van der Waals surface area contributed by atoms with Crippen LogP contribution in [0, 0.1) is 21.4 Å². The van der Waals surface area contributed by atoms with Crippen molar-refractivity contribution in [2.75, 3.05) is 5.32 Å². The molecule has 0 bridgehead atoms. The van der Waals surface area contributed by atoms with E-state index < -0.39 is 4.92 Å². The predicted molar refractivity (Wildman–Crippen MR) is 63.7 cm³/mol. The van der Waals surface area contributed by atoms with Gasteiger partial charge < -0.3 is 5.32 Å². The van der Waals surface area contributed by atoms with Crippen LogP contribution < -0.4 is 5.32 Å². The molecule has 1 aromatic carbocycles. The van der Waals surface area contributed by atoms with E-state index in [9.17, 15) is 10.1 Å². The van der Waals surface area contributed by atoms with Gasteiger partial charge in [-0.05, 0) is 38.3 Å². The molecule has 0 radical (unpaired) electrons. The van der Waals surface area contributed by atoms with Crippen LogP contribution in [0.4, 0.5) is 11.4 Å². The Hall–Kier alpha value is -2.09. The molecule has 5 heteroatoms. The molecule has 0 heterocycles. The molecule has 1 fully saturated rings. The molecule has 1 saturated carbocycles. The summed E-state index contributed by atoms with van der Waals surface area (Å²) in [4.78, 5) is 10.5. The standard InChI is InChI=1S/C12H13N3O2/c1-12(5-2-6-12)14-10-4-3-9(8-13)7-11(10)15(16)17/h3-4,7,14H,2,5-6H2,1H3. The first-order valence-corrected chi connectivity index (χ1v) is 5.51. The molecule has 17 heavy (non-hydrogen) atoms. The molecule has 2 rings (SSSR count). The molecule has 0 amide bonds. The second-order valence-electron chi connectivity index (χ2n) is 4.64. The maximum atomic E-state index is 10.9. The van der Waals surface area contributed by atoms with Gasteiger partial charge in [0.2, 0.25) is 0 Å². The minimum Gasteiger partial charge on any atom is -0.374 e. The van der Waals surface area contributed by atoms with Crippen molar-refractivity contribution in [3.63, 3.8) is 0 Å². The second kappa shape index (κ2) is 4.06. The van der Waals surface area contributed by atoms with Gasteiger partial charge in [-0.1, -0.05) is 0 Å². The third kappa shape index (κ3) is 2.21. The normalized spacial score (nSPS) is 16.7. The van der Waals surface area contributed by atoms with Crippen molar-refractivity contribution < 1.29 is 4.92 Å². The summed E-state index contributed by atoms with van der Waals surface area (Å²) >= 11 is 0. The minimum atomic E-state index is -0.453. The van der Waals surface area contributed by atoms with Crippen LogP contribution in [0.3, 0.4) is 0 Å². The first kappa shape index (κ1) is 11.4. The van der Waals surface area contributed by atoms with E-state index in [0.29, 0.717) is 11.3 Å². The van der Waals surface area contributed by atoms with Crippen LogP contribution in [0.15, 0.2) is 18.2 Å². The summed E-state index contributed by atoms with van der Waals surface area (Å²) in [5.74, 6) is 0. The molecule has 5 nitrogen and oxygen atoms in total. The number of nitro groups is 1. The van der Waals surface area contributed by atoms with Crippen molar-refractivity contribution >= 4 is 11.4 Å². The number of nitriles is 1. The number of hydrogen-bond donors (Lipinski definition) is 1. The zero-order chi connectivity index (χ0) is 12.5. The molecule has 0 spiro atoms. The molecule has 1 aliphatic carbocycles. The van der Waals surface area contributed by atoms with Gasteiger partial charge in [0.15, 0.2) is 0 Å². The third-order valence-electron chi connectivity index (χ3n) is 3.22. The molecule has 1 aromatic rings. The molecule has 0 aliphatic heterocycles. The Balaban J connectivity index is 2.33. The first-order chi connectivity index (χ1) is 8.04. The van der Waals surface area contributed by atoms with Gasteiger partial charge in [-0.25, -0.2) is 0 Å². The molecule has 0 unspecified atom stereocenters. The number of nitrogens with zero attached hydrogens (tertiary/aromatic N) is 2. The van der Waals surface area contributed by atoms with Crippen molar-refractivity contribution in [2.45, 2.75) is 31.7 Å². The van der Waals surface area contributed by atoms with E-state index in [1.54, 1.807) is 12.1 Å². The van der Waals surface area contributed by atoms with Gasteiger partial charge in [0.25, 0.3) is 5.69 Å². The monoisotopic (exact) mass is 231 g/mol. The van der Waals surface area contributed by atoms with Crippen LogP contribution >= 0.6 is 0 Å². The number of nitro benzene ring substituents is 1. The van der Waals surface area contributed by atoms with Gasteiger partial charge in [-0.15, -0.1) is 0 Å². The summed E-state index contributed by atoms with van der Waals surface area (Å²) < 4.78 is 0. The van der Waals surface area contributed by atoms with Crippen molar-refractivity contribution in [1.29, 1.82) is 5.26 Å². The van der Waals surface area contributed by atoms with Crippen LogP contribution in [-0.4, -0.2) is 10.5 Å². The molecule has 0 atom stereocenters. The molecular formula is C12H13N3O2. The average Bonchev–Trinajstić information content (AvgIpc) is 2.27. The smallest absolute Gasteiger partial charge is 0.293 e. The second-order valence-corrected chi connectivity index (χ2v) is 4.64. The Morgan fingerprint density at radius 1 is 1.53 bits per heavy atom. The molecule has 1 N–H and O–H groups in total. The zero-order valence-corrected chi connectivity index (χ0v) is 9.56. The molecule has 0 saturated heterocycles. The first-order valence-electron chi connectivity index (χ1n) is 5.51. The minimum absolute atomic E-state index is 0.0304. The number of nitrogens with one attached hydrogen (secondary N) is 1. The highest BCUT2D eigenvalue weighted by Crippen LogP contribution is 2.37. The highest BCUT2D eigenvalue weighted by Gasteiger charge is 2.33. The summed E-state index contributed by atoms with van der Waals surface area (Å²) in [6, 6.07) is 6.42. The highest BCUT2D eigenvalue weighted by molar-refractivity contribution is 5.65. The summed E-state index contributed by atoms with van der Waals surface area (Å²) in [5.41, 5.74) is 0.730. The van der Waals surface area contributed by atoms with Gasteiger partial charge in [-0.2, -0.15) is 5.26 Å². The van der Waals surface area contributed by atoms with Crippen molar-refractivity contribution in [1.82, 2.24) is 0 Å². The lowest BCUT2D eigenvalue weighted by molar-refractivity contribution is -0.384. The number of rotatable bonds is 3. The molecule has 88 valence electrons. The van der Waals surface area contributed by atoms with Crippen molar-refractivity contribution in [3.05, 3.63) is 33.9 Å². The average molecular weight is 231 g/mol.